The molecule has 1 aliphatic rings. The third-order valence-electron chi connectivity index (χ3n) is 3.74. The van der Waals surface area contributed by atoms with Gasteiger partial charge in [0.2, 0.25) is 5.91 Å². The molecule has 0 fully saturated rings. The number of hydrogen-bond acceptors (Lipinski definition) is 3. The van der Waals surface area contributed by atoms with Gasteiger partial charge >= 0.3 is 0 Å². The van der Waals surface area contributed by atoms with Crippen molar-refractivity contribution in [3.05, 3.63) is 58.6 Å². The largest absolute Gasteiger partial charge is 0.478 e. The quantitative estimate of drug-likeness (QED) is 0.895. The lowest BCUT2D eigenvalue weighted by molar-refractivity contribution is -0.130. The minimum Gasteiger partial charge on any atom is -0.478 e. The van der Waals surface area contributed by atoms with Gasteiger partial charge in [0.15, 0.2) is 6.10 Å². The molecule has 0 unspecified atom stereocenters. The standard InChI is InChI=1S/C18H17ClN2O3/c1-11-2-4-12(5-3-11)10-20-17(22)9-16-18(23)21-14-8-13(19)6-7-15(14)24-16/h2-8,16H,9-10H2,1H3,(H,20,22)(H,21,23)/t16-/m1/s1. The number of anilines is 1. The Morgan fingerprint density at radius 3 is 2.75 bits per heavy atom. The van der Waals surface area contributed by atoms with Crippen LogP contribution in [0.3, 0.4) is 0 Å². The van der Waals surface area contributed by atoms with Gasteiger partial charge in [0.25, 0.3) is 5.91 Å². The van der Waals surface area contributed by atoms with Crippen molar-refractivity contribution in [2.45, 2.75) is 26.0 Å². The molecule has 6 heteroatoms. The second-order valence-electron chi connectivity index (χ2n) is 5.70. The van der Waals surface area contributed by atoms with E-state index in [1.54, 1.807) is 18.2 Å². The summed E-state index contributed by atoms with van der Waals surface area (Å²) in [5, 5.41) is 6.01. The lowest BCUT2D eigenvalue weighted by Gasteiger charge is -2.25. The average molecular weight is 345 g/mol. The molecular formula is C18H17ClN2O3. The molecule has 0 radical (unpaired) electrons. The van der Waals surface area contributed by atoms with Gasteiger partial charge < -0.3 is 15.4 Å². The van der Waals surface area contributed by atoms with Crippen molar-refractivity contribution in [2.24, 2.45) is 0 Å². The predicted molar refractivity (Wildman–Crippen MR) is 92.1 cm³/mol. The molecule has 0 bridgehead atoms. The number of halogens is 1. The first kappa shape index (κ1) is 16.3. The highest BCUT2D eigenvalue weighted by atomic mass is 35.5. The van der Waals surface area contributed by atoms with Crippen LogP contribution in [0.15, 0.2) is 42.5 Å². The van der Waals surface area contributed by atoms with Crippen molar-refractivity contribution in [3.8, 4) is 5.75 Å². The van der Waals surface area contributed by atoms with Gasteiger partial charge in [0.1, 0.15) is 5.75 Å². The molecule has 2 aromatic carbocycles. The fourth-order valence-electron chi connectivity index (χ4n) is 2.40. The number of benzene rings is 2. The lowest BCUT2D eigenvalue weighted by atomic mass is 10.1. The molecule has 1 aliphatic heterocycles. The number of ether oxygens (including phenoxy) is 1. The molecule has 5 nitrogen and oxygen atoms in total. The summed E-state index contributed by atoms with van der Waals surface area (Å²) in [5.74, 6) is -0.0845. The van der Waals surface area contributed by atoms with Crippen LogP contribution in [0.5, 0.6) is 5.75 Å². The van der Waals surface area contributed by atoms with Gasteiger partial charge in [0, 0.05) is 11.6 Å². The minimum absolute atomic E-state index is 0.0419. The van der Waals surface area contributed by atoms with E-state index in [4.69, 9.17) is 16.3 Å². The van der Waals surface area contributed by atoms with E-state index in [1.807, 2.05) is 31.2 Å². The maximum Gasteiger partial charge on any atom is 0.266 e. The van der Waals surface area contributed by atoms with E-state index >= 15 is 0 Å². The molecule has 0 aromatic heterocycles. The molecule has 3 rings (SSSR count). The third-order valence-corrected chi connectivity index (χ3v) is 3.98. The van der Waals surface area contributed by atoms with E-state index in [2.05, 4.69) is 10.6 Å². The van der Waals surface area contributed by atoms with Crippen LogP contribution in [0.4, 0.5) is 5.69 Å². The summed E-state index contributed by atoms with van der Waals surface area (Å²) in [7, 11) is 0. The average Bonchev–Trinajstić information content (AvgIpc) is 2.55. The first-order valence-electron chi connectivity index (χ1n) is 7.60. The summed E-state index contributed by atoms with van der Waals surface area (Å²) >= 11 is 5.88. The highest BCUT2D eigenvalue weighted by Gasteiger charge is 2.29. The Hall–Kier alpha value is -2.53. The molecule has 2 aromatic rings. The van der Waals surface area contributed by atoms with Crippen LogP contribution in [0, 0.1) is 6.92 Å². The van der Waals surface area contributed by atoms with Crippen LogP contribution in [0.1, 0.15) is 17.5 Å². The van der Waals surface area contributed by atoms with Crippen LogP contribution >= 0.6 is 11.6 Å². The zero-order chi connectivity index (χ0) is 17.1. The molecular weight excluding hydrogens is 328 g/mol. The number of hydrogen-bond donors (Lipinski definition) is 2. The number of amides is 2. The van der Waals surface area contributed by atoms with Crippen molar-refractivity contribution in [3.63, 3.8) is 0 Å². The zero-order valence-electron chi connectivity index (χ0n) is 13.1. The van der Waals surface area contributed by atoms with Crippen LogP contribution in [-0.4, -0.2) is 17.9 Å². The Morgan fingerprint density at radius 1 is 1.25 bits per heavy atom. The van der Waals surface area contributed by atoms with Gasteiger partial charge in [-0.1, -0.05) is 41.4 Å². The first-order valence-corrected chi connectivity index (χ1v) is 7.98. The van der Waals surface area contributed by atoms with Crippen molar-refractivity contribution >= 4 is 29.1 Å². The molecule has 0 aliphatic carbocycles. The summed E-state index contributed by atoms with van der Waals surface area (Å²) in [6.07, 6.45) is -0.892. The molecule has 0 saturated heterocycles. The van der Waals surface area contributed by atoms with Crippen LogP contribution in [0.25, 0.3) is 0 Å². The van der Waals surface area contributed by atoms with E-state index in [-0.39, 0.29) is 18.2 Å². The molecule has 2 amide bonds. The monoisotopic (exact) mass is 344 g/mol. The van der Waals surface area contributed by atoms with Gasteiger partial charge in [-0.05, 0) is 30.7 Å². The normalized spacial score (nSPS) is 15.9. The summed E-state index contributed by atoms with van der Waals surface area (Å²) in [4.78, 5) is 24.1. The SMILES string of the molecule is Cc1ccc(CNC(=O)C[C@H]2Oc3ccc(Cl)cc3NC2=O)cc1. The second kappa shape index (κ2) is 6.93. The van der Waals surface area contributed by atoms with Gasteiger partial charge in [-0.25, -0.2) is 0 Å². The molecule has 0 spiro atoms. The Kier molecular flexibility index (Phi) is 4.71. The maximum atomic E-state index is 12.1. The Balaban J connectivity index is 1.57. The maximum absolute atomic E-state index is 12.1. The Bertz CT molecular complexity index is 774. The zero-order valence-corrected chi connectivity index (χ0v) is 13.9. The first-order chi connectivity index (χ1) is 11.5. The number of rotatable bonds is 4. The molecule has 124 valence electrons. The van der Waals surface area contributed by atoms with Crippen molar-refractivity contribution in [1.29, 1.82) is 0 Å². The smallest absolute Gasteiger partial charge is 0.266 e. The minimum atomic E-state index is -0.850. The molecule has 2 N–H and O–H groups in total. The highest BCUT2D eigenvalue weighted by Crippen LogP contribution is 2.32. The molecule has 0 saturated carbocycles. The number of nitrogens with one attached hydrogen (secondary N) is 2. The summed E-state index contributed by atoms with van der Waals surface area (Å²) in [6.45, 7) is 2.42. The number of carbonyl (C=O) groups excluding carboxylic acids is 2. The third kappa shape index (κ3) is 3.86. The Morgan fingerprint density at radius 2 is 2.00 bits per heavy atom. The molecule has 1 atom stereocenters. The van der Waals surface area contributed by atoms with Gasteiger partial charge in [-0.2, -0.15) is 0 Å². The van der Waals surface area contributed by atoms with Crippen LogP contribution in [0.2, 0.25) is 5.02 Å². The summed E-state index contributed by atoms with van der Waals surface area (Å²) < 4.78 is 5.61. The topological polar surface area (TPSA) is 67.4 Å². The fourth-order valence-corrected chi connectivity index (χ4v) is 2.58. The van der Waals surface area contributed by atoms with Gasteiger partial charge in [0.05, 0.1) is 12.1 Å². The highest BCUT2D eigenvalue weighted by molar-refractivity contribution is 6.31. The second-order valence-corrected chi connectivity index (χ2v) is 6.14. The number of aryl methyl sites for hydroxylation is 1. The fraction of sp³-hybridized carbons (Fsp3) is 0.222. The summed E-state index contributed by atoms with van der Waals surface area (Å²) in [5.41, 5.74) is 2.68. The summed E-state index contributed by atoms with van der Waals surface area (Å²) in [6, 6.07) is 12.9. The molecule has 1 heterocycles. The number of carbonyl (C=O) groups is 2. The van der Waals surface area contributed by atoms with Crippen LogP contribution < -0.4 is 15.4 Å². The van der Waals surface area contributed by atoms with Crippen molar-refractivity contribution in [1.82, 2.24) is 5.32 Å². The van der Waals surface area contributed by atoms with E-state index in [9.17, 15) is 9.59 Å². The Labute approximate surface area is 145 Å². The van der Waals surface area contributed by atoms with Gasteiger partial charge in [-0.15, -0.1) is 0 Å². The van der Waals surface area contributed by atoms with Gasteiger partial charge in [-0.3, -0.25) is 9.59 Å². The number of fused-ring (bicyclic) bond motifs is 1. The van der Waals surface area contributed by atoms with Crippen molar-refractivity contribution < 1.29 is 14.3 Å². The van der Waals surface area contributed by atoms with E-state index in [0.29, 0.717) is 23.0 Å². The van der Waals surface area contributed by atoms with E-state index < -0.39 is 6.10 Å². The van der Waals surface area contributed by atoms with E-state index in [1.165, 1.54) is 0 Å². The predicted octanol–water partition coefficient (Wildman–Crippen LogP) is 3.05. The molecule has 24 heavy (non-hydrogen) atoms. The van der Waals surface area contributed by atoms with E-state index in [0.717, 1.165) is 11.1 Å². The lowest BCUT2D eigenvalue weighted by Crippen LogP contribution is -2.40. The van der Waals surface area contributed by atoms with Crippen LogP contribution in [-0.2, 0) is 16.1 Å². The van der Waals surface area contributed by atoms with Crippen molar-refractivity contribution in [2.75, 3.05) is 5.32 Å².